The van der Waals surface area contributed by atoms with E-state index in [1.54, 1.807) is 14.2 Å². The van der Waals surface area contributed by atoms with E-state index in [4.69, 9.17) is 13.6 Å². The molecule has 4 heteroatoms. The summed E-state index contributed by atoms with van der Waals surface area (Å²) in [7, 11) is 2.24. The van der Waals surface area contributed by atoms with E-state index >= 15 is 0 Å². The van der Waals surface area contributed by atoms with Gasteiger partial charge in [-0.05, 0) is 31.2 Å². The highest BCUT2D eigenvalue weighted by molar-refractivity contribution is 6.44. The lowest BCUT2D eigenvalue weighted by Crippen LogP contribution is -2.18. The zero-order valence-electron chi connectivity index (χ0n) is 10.5. The van der Waals surface area contributed by atoms with Crippen LogP contribution < -0.4 is 0 Å². The fourth-order valence-electron chi connectivity index (χ4n) is 2.82. The van der Waals surface area contributed by atoms with Crippen LogP contribution in [0, 0.1) is 5.92 Å². The number of epoxide rings is 1. The molecule has 0 aromatic carbocycles. The summed E-state index contributed by atoms with van der Waals surface area (Å²) >= 11 is 0. The molecule has 2 aliphatic rings. The van der Waals surface area contributed by atoms with E-state index < -0.39 is 9.28 Å². The molecule has 0 bridgehead atoms. The van der Waals surface area contributed by atoms with E-state index in [1.807, 2.05) is 0 Å². The van der Waals surface area contributed by atoms with Crippen LogP contribution in [0.2, 0.25) is 6.04 Å². The molecule has 2 fully saturated rings. The van der Waals surface area contributed by atoms with E-state index in [9.17, 15) is 0 Å². The third kappa shape index (κ3) is 3.55. The topological polar surface area (TPSA) is 31.0 Å². The van der Waals surface area contributed by atoms with Gasteiger partial charge in [0.15, 0.2) is 0 Å². The Labute approximate surface area is 100 Å². The first-order valence-electron chi connectivity index (χ1n) is 6.54. The van der Waals surface area contributed by atoms with E-state index in [0.717, 1.165) is 12.0 Å². The quantitative estimate of drug-likeness (QED) is 0.391. The summed E-state index contributed by atoms with van der Waals surface area (Å²) in [5.41, 5.74) is 0. The normalized spacial score (nSPS) is 32.8. The average molecular weight is 244 g/mol. The molecule has 3 nitrogen and oxygen atoms in total. The first kappa shape index (κ1) is 12.6. The lowest BCUT2D eigenvalue weighted by atomic mass is 9.86. The summed E-state index contributed by atoms with van der Waals surface area (Å²) < 4.78 is 16.2. The van der Waals surface area contributed by atoms with Gasteiger partial charge in [0.05, 0.1) is 12.2 Å². The van der Waals surface area contributed by atoms with E-state index in [1.165, 1.54) is 38.5 Å². The molecular weight excluding hydrogens is 220 g/mol. The molecular formula is C12H24O3Si. The molecule has 3 atom stereocenters. The summed E-state index contributed by atoms with van der Waals surface area (Å²) in [6.07, 6.45) is 9.27. The molecule has 0 aromatic heterocycles. The number of rotatable bonds is 7. The van der Waals surface area contributed by atoms with Crippen molar-refractivity contribution in [2.45, 2.75) is 56.8 Å². The molecule has 0 aromatic rings. The van der Waals surface area contributed by atoms with Gasteiger partial charge in [0.25, 0.3) is 0 Å². The number of hydrogen-bond acceptors (Lipinski definition) is 3. The molecule has 1 saturated heterocycles. The van der Waals surface area contributed by atoms with Crippen LogP contribution in [0.4, 0.5) is 0 Å². The van der Waals surface area contributed by atoms with Crippen LogP contribution >= 0.6 is 0 Å². The summed E-state index contributed by atoms with van der Waals surface area (Å²) in [6, 6.07) is 1.16. The summed E-state index contributed by atoms with van der Waals surface area (Å²) in [4.78, 5) is 0. The predicted octanol–water partition coefficient (Wildman–Crippen LogP) is 2.24. The Morgan fingerprint density at radius 3 is 2.62 bits per heavy atom. The van der Waals surface area contributed by atoms with Crippen molar-refractivity contribution in [3.8, 4) is 0 Å². The molecule has 0 amide bonds. The summed E-state index contributed by atoms with van der Waals surface area (Å²) in [6.45, 7) is 0. The maximum Gasteiger partial charge on any atom is 0.320 e. The zero-order valence-corrected chi connectivity index (χ0v) is 11.6. The molecule has 1 heterocycles. The van der Waals surface area contributed by atoms with Crippen LogP contribution in [0.15, 0.2) is 0 Å². The Hall–Kier alpha value is 0.0969. The maximum atomic E-state index is 5.55. The van der Waals surface area contributed by atoms with Crippen molar-refractivity contribution in [3.05, 3.63) is 0 Å². The molecule has 0 spiro atoms. The predicted molar refractivity (Wildman–Crippen MR) is 65.8 cm³/mol. The molecule has 16 heavy (non-hydrogen) atoms. The van der Waals surface area contributed by atoms with Gasteiger partial charge in [0.2, 0.25) is 0 Å². The Morgan fingerprint density at radius 1 is 1.12 bits per heavy atom. The molecule has 0 radical (unpaired) electrons. The highest BCUT2D eigenvalue weighted by Gasteiger charge is 2.43. The van der Waals surface area contributed by atoms with Crippen molar-refractivity contribution in [1.29, 1.82) is 0 Å². The van der Waals surface area contributed by atoms with Gasteiger partial charge < -0.3 is 13.6 Å². The molecule has 94 valence electrons. The smallest absolute Gasteiger partial charge is 0.320 e. The highest BCUT2D eigenvalue weighted by Crippen LogP contribution is 2.41. The standard InChI is InChI=1S/C12H24O3Si/c1-13-16(14-2)8-4-3-5-10-6-7-11-12(9-10)15-11/h10-12,16H,3-9H2,1-2H3. The van der Waals surface area contributed by atoms with Crippen LogP contribution in [-0.4, -0.2) is 35.7 Å². The minimum absolute atomic E-state index is 0.638. The molecule has 2 rings (SSSR count). The Bertz CT molecular complexity index is 208. The average Bonchev–Trinajstić information content (AvgIpc) is 3.07. The second-order valence-corrected chi connectivity index (χ2v) is 7.46. The van der Waals surface area contributed by atoms with Crippen molar-refractivity contribution < 1.29 is 13.6 Å². The monoisotopic (exact) mass is 244 g/mol. The van der Waals surface area contributed by atoms with Crippen molar-refractivity contribution in [2.24, 2.45) is 5.92 Å². The molecule has 3 unspecified atom stereocenters. The van der Waals surface area contributed by atoms with E-state index in [-0.39, 0.29) is 0 Å². The summed E-state index contributed by atoms with van der Waals surface area (Å²) in [5.74, 6) is 0.925. The second-order valence-electron chi connectivity index (χ2n) is 5.08. The molecule has 1 saturated carbocycles. The van der Waals surface area contributed by atoms with E-state index in [0.29, 0.717) is 12.2 Å². The van der Waals surface area contributed by atoms with Gasteiger partial charge in [-0.15, -0.1) is 0 Å². The molecule has 1 aliphatic carbocycles. The second kappa shape index (κ2) is 6.14. The van der Waals surface area contributed by atoms with Gasteiger partial charge in [-0.1, -0.05) is 19.3 Å². The van der Waals surface area contributed by atoms with Crippen molar-refractivity contribution in [1.82, 2.24) is 0 Å². The van der Waals surface area contributed by atoms with Gasteiger partial charge in [0, 0.05) is 14.2 Å². The van der Waals surface area contributed by atoms with Gasteiger partial charge in [-0.3, -0.25) is 0 Å². The Balaban J connectivity index is 1.50. The SMILES string of the molecule is CO[SiH](CCCCC1CCC2OC2C1)OC. The van der Waals surface area contributed by atoms with Gasteiger partial charge in [0.1, 0.15) is 0 Å². The van der Waals surface area contributed by atoms with Crippen LogP contribution in [0.25, 0.3) is 0 Å². The van der Waals surface area contributed by atoms with Crippen molar-refractivity contribution >= 4 is 9.28 Å². The van der Waals surface area contributed by atoms with Crippen LogP contribution in [0.1, 0.15) is 38.5 Å². The van der Waals surface area contributed by atoms with Crippen molar-refractivity contribution in [3.63, 3.8) is 0 Å². The fraction of sp³-hybridized carbons (Fsp3) is 1.00. The fourth-order valence-corrected chi connectivity index (χ4v) is 4.11. The Morgan fingerprint density at radius 2 is 1.94 bits per heavy atom. The van der Waals surface area contributed by atoms with Crippen LogP contribution in [-0.2, 0) is 13.6 Å². The minimum Gasteiger partial charge on any atom is -0.400 e. The minimum atomic E-state index is -1.30. The van der Waals surface area contributed by atoms with Gasteiger partial charge >= 0.3 is 9.28 Å². The lowest BCUT2D eigenvalue weighted by Gasteiger charge is -2.18. The van der Waals surface area contributed by atoms with Crippen LogP contribution in [0.3, 0.4) is 0 Å². The lowest BCUT2D eigenvalue weighted by molar-refractivity contribution is 0.274. The van der Waals surface area contributed by atoms with Gasteiger partial charge in [-0.2, -0.15) is 0 Å². The highest BCUT2D eigenvalue weighted by atomic mass is 28.3. The number of hydrogen-bond donors (Lipinski definition) is 0. The zero-order chi connectivity index (χ0) is 11.4. The number of ether oxygens (including phenoxy) is 1. The van der Waals surface area contributed by atoms with Gasteiger partial charge in [-0.25, -0.2) is 0 Å². The summed E-state index contributed by atoms with van der Waals surface area (Å²) in [5, 5.41) is 0. The number of unbranched alkanes of at least 4 members (excludes halogenated alkanes) is 1. The first-order valence-corrected chi connectivity index (χ1v) is 8.30. The van der Waals surface area contributed by atoms with Crippen LogP contribution in [0.5, 0.6) is 0 Å². The number of fused-ring (bicyclic) bond motifs is 1. The third-order valence-corrected chi connectivity index (χ3v) is 5.87. The largest absolute Gasteiger partial charge is 0.400 e. The van der Waals surface area contributed by atoms with E-state index in [2.05, 4.69) is 0 Å². The Kier molecular flexibility index (Phi) is 4.82. The molecule has 1 aliphatic heterocycles. The van der Waals surface area contributed by atoms with Crippen molar-refractivity contribution in [2.75, 3.05) is 14.2 Å². The first-order chi connectivity index (χ1) is 7.83. The third-order valence-electron chi connectivity index (χ3n) is 3.94. The maximum absolute atomic E-state index is 5.55. The molecule has 0 N–H and O–H groups in total.